The molecule has 1 heterocycles. The zero-order chi connectivity index (χ0) is 16.0. The summed E-state index contributed by atoms with van der Waals surface area (Å²) in [5.74, 6) is 0.495. The van der Waals surface area contributed by atoms with Crippen molar-refractivity contribution in [1.29, 1.82) is 0 Å². The molecule has 3 aromatic rings. The summed E-state index contributed by atoms with van der Waals surface area (Å²) in [6, 6.07) is 10.5. The first-order chi connectivity index (χ1) is 11.2. The molecular weight excluding hydrogens is 290 g/mol. The Bertz CT molecular complexity index is 952. The third-order valence-electron chi connectivity index (χ3n) is 4.37. The van der Waals surface area contributed by atoms with E-state index in [1.165, 1.54) is 0 Å². The van der Waals surface area contributed by atoms with Crippen LogP contribution in [0.25, 0.3) is 10.9 Å². The number of nitrogens with zero attached hydrogens (tertiary/aromatic N) is 1. The molecule has 0 saturated heterocycles. The van der Waals surface area contributed by atoms with Gasteiger partial charge < -0.3 is 4.52 Å². The highest BCUT2D eigenvalue weighted by atomic mass is 16.5. The molecule has 1 aromatic heterocycles. The van der Waals surface area contributed by atoms with Crippen LogP contribution in [-0.2, 0) is 6.42 Å². The van der Waals surface area contributed by atoms with Crippen molar-refractivity contribution >= 4 is 22.5 Å². The van der Waals surface area contributed by atoms with Gasteiger partial charge in [0.15, 0.2) is 11.6 Å². The Morgan fingerprint density at radius 1 is 0.957 bits per heavy atom. The number of carbonyl (C=O) groups excluding carboxylic acids is 2. The lowest BCUT2D eigenvalue weighted by Crippen LogP contribution is -2.21. The van der Waals surface area contributed by atoms with E-state index in [1.807, 2.05) is 6.07 Å². The second kappa shape index (κ2) is 5.16. The second-order valence-corrected chi connectivity index (χ2v) is 5.80. The van der Waals surface area contributed by atoms with E-state index in [0.29, 0.717) is 27.8 Å². The van der Waals surface area contributed by atoms with Gasteiger partial charge in [0.05, 0.1) is 5.56 Å². The maximum Gasteiger partial charge on any atom is 0.196 e. The lowest BCUT2D eigenvalue weighted by Gasteiger charge is -2.17. The van der Waals surface area contributed by atoms with Gasteiger partial charge in [-0.3, -0.25) is 9.59 Å². The fourth-order valence-electron chi connectivity index (χ4n) is 3.16. The largest absolute Gasteiger partial charge is 0.360 e. The van der Waals surface area contributed by atoms with E-state index in [4.69, 9.17) is 4.52 Å². The predicted octanol–water partition coefficient (Wildman–Crippen LogP) is 3.95. The van der Waals surface area contributed by atoms with E-state index < -0.39 is 0 Å². The lowest BCUT2D eigenvalue weighted by molar-refractivity contribution is 0.0980. The van der Waals surface area contributed by atoms with Gasteiger partial charge >= 0.3 is 0 Å². The molecule has 0 bridgehead atoms. The van der Waals surface area contributed by atoms with E-state index in [-0.39, 0.29) is 11.6 Å². The Morgan fingerprint density at radius 3 is 2.43 bits per heavy atom. The van der Waals surface area contributed by atoms with Crippen molar-refractivity contribution in [1.82, 2.24) is 5.16 Å². The van der Waals surface area contributed by atoms with Crippen LogP contribution >= 0.6 is 0 Å². The Labute approximate surface area is 133 Å². The highest BCUT2D eigenvalue weighted by molar-refractivity contribution is 6.31. The third-order valence-corrected chi connectivity index (χ3v) is 4.37. The molecule has 0 spiro atoms. The molecule has 0 fully saturated rings. The van der Waals surface area contributed by atoms with Crippen molar-refractivity contribution in [3.05, 3.63) is 64.4 Å². The fraction of sp³-hybridized carbons (Fsp3) is 0.211. The van der Waals surface area contributed by atoms with Crippen molar-refractivity contribution in [2.45, 2.75) is 26.2 Å². The molecule has 114 valence electrons. The summed E-state index contributed by atoms with van der Waals surface area (Å²) in [6.45, 7) is 2.11. The smallest absolute Gasteiger partial charge is 0.196 e. The summed E-state index contributed by atoms with van der Waals surface area (Å²) in [5.41, 5.74) is 2.19. The summed E-state index contributed by atoms with van der Waals surface area (Å²) in [6.07, 6.45) is 2.83. The summed E-state index contributed by atoms with van der Waals surface area (Å²) in [5, 5.41) is 4.93. The van der Waals surface area contributed by atoms with Gasteiger partial charge in [-0.2, -0.15) is 0 Å². The van der Waals surface area contributed by atoms with Crippen molar-refractivity contribution in [2.75, 3.05) is 0 Å². The fourth-order valence-corrected chi connectivity index (χ4v) is 3.16. The summed E-state index contributed by atoms with van der Waals surface area (Å²) in [7, 11) is 0. The summed E-state index contributed by atoms with van der Waals surface area (Å²) in [4.78, 5) is 25.5. The monoisotopic (exact) mass is 305 g/mol. The average molecular weight is 305 g/mol. The maximum absolute atomic E-state index is 12.9. The molecule has 0 N–H and O–H groups in total. The van der Waals surface area contributed by atoms with E-state index in [1.54, 1.807) is 30.3 Å². The number of hydrogen-bond acceptors (Lipinski definition) is 4. The molecule has 0 radical (unpaired) electrons. The molecule has 4 rings (SSSR count). The first kappa shape index (κ1) is 13.9. The van der Waals surface area contributed by atoms with Crippen LogP contribution in [0.4, 0.5) is 0 Å². The number of rotatable bonds is 3. The van der Waals surface area contributed by atoms with Crippen LogP contribution in [0.3, 0.4) is 0 Å². The van der Waals surface area contributed by atoms with E-state index in [9.17, 15) is 9.59 Å². The number of hydrogen-bond donors (Lipinski definition) is 0. The highest BCUT2D eigenvalue weighted by Crippen LogP contribution is 2.33. The van der Waals surface area contributed by atoms with Gasteiger partial charge in [0.25, 0.3) is 0 Å². The Balaban J connectivity index is 1.94. The topological polar surface area (TPSA) is 60.2 Å². The third kappa shape index (κ3) is 1.95. The maximum atomic E-state index is 12.9. The number of carbonyl (C=O) groups is 2. The normalized spacial score (nSPS) is 13.3. The van der Waals surface area contributed by atoms with Crippen LogP contribution < -0.4 is 0 Å². The van der Waals surface area contributed by atoms with Crippen molar-refractivity contribution in [2.24, 2.45) is 0 Å². The number of aryl methyl sites for hydroxylation is 1. The molecule has 0 atom stereocenters. The molecule has 0 unspecified atom stereocenters. The van der Waals surface area contributed by atoms with Crippen molar-refractivity contribution in [3.8, 4) is 0 Å². The zero-order valence-electron chi connectivity index (χ0n) is 12.8. The lowest BCUT2D eigenvalue weighted by atomic mass is 9.83. The van der Waals surface area contributed by atoms with Gasteiger partial charge in [-0.1, -0.05) is 42.8 Å². The molecule has 1 aliphatic carbocycles. The molecule has 0 amide bonds. The van der Waals surface area contributed by atoms with E-state index in [2.05, 4.69) is 12.1 Å². The predicted molar refractivity (Wildman–Crippen MR) is 85.9 cm³/mol. The van der Waals surface area contributed by atoms with Crippen LogP contribution in [0.5, 0.6) is 0 Å². The number of fused-ring (bicyclic) bond motifs is 4. The van der Waals surface area contributed by atoms with Crippen LogP contribution in [0, 0.1) is 0 Å². The zero-order valence-corrected chi connectivity index (χ0v) is 12.8. The van der Waals surface area contributed by atoms with Gasteiger partial charge in [-0.15, -0.1) is 0 Å². The van der Waals surface area contributed by atoms with Crippen LogP contribution in [0.15, 0.2) is 40.9 Å². The van der Waals surface area contributed by atoms with Gasteiger partial charge in [-0.05, 0) is 18.6 Å². The minimum atomic E-state index is -0.156. The van der Waals surface area contributed by atoms with Crippen molar-refractivity contribution in [3.63, 3.8) is 0 Å². The number of ketones is 2. The summed E-state index contributed by atoms with van der Waals surface area (Å²) < 4.78 is 5.44. The van der Waals surface area contributed by atoms with Crippen molar-refractivity contribution < 1.29 is 14.1 Å². The molecule has 23 heavy (non-hydrogen) atoms. The highest BCUT2D eigenvalue weighted by Gasteiger charge is 2.32. The van der Waals surface area contributed by atoms with Gasteiger partial charge in [0, 0.05) is 28.5 Å². The minimum Gasteiger partial charge on any atom is -0.360 e. The molecule has 1 aliphatic rings. The SMILES string of the molecule is CCCCc1onc2c3c(ccc12)C(=O)c1ccccc1C3=O. The molecular formula is C19H15NO3. The van der Waals surface area contributed by atoms with Crippen LogP contribution in [0.1, 0.15) is 57.4 Å². The Morgan fingerprint density at radius 2 is 1.70 bits per heavy atom. The Hall–Kier alpha value is -2.75. The number of aromatic nitrogens is 1. The van der Waals surface area contributed by atoms with Crippen LogP contribution in [-0.4, -0.2) is 16.7 Å². The standard InChI is InChI=1S/C19H15NO3/c1-2-3-8-15-13-9-10-14-16(17(13)20-23-15)19(22)12-7-5-4-6-11(12)18(14)21/h4-7,9-10H,2-3,8H2,1H3. The van der Waals surface area contributed by atoms with Crippen LogP contribution in [0.2, 0.25) is 0 Å². The minimum absolute atomic E-state index is 0.129. The molecule has 4 nitrogen and oxygen atoms in total. The average Bonchev–Trinajstić information content (AvgIpc) is 3.00. The molecule has 4 heteroatoms. The van der Waals surface area contributed by atoms with E-state index in [0.717, 1.165) is 30.4 Å². The molecule has 0 saturated carbocycles. The first-order valence-electron chi connectivity index (χ1n) is 7.82. The summed E-state index contributed by atoms with van der Waals surface area (Å²) >= 11 is 0. The van der Waals surface area contributed by atoms with Gasteiger partial charge in [0.2, 0.25) is 0 Å². The quantitative estimate of drug-likeness (QED) is 0.575. The van der Waals surface area contributed by atoms with Gasteiger partial charge in [0.1, 0.15) is 11.3 Å². The van der Waals surface area contributed by atoms with E-state index >= 15 is 0 Å². The molecule has 0 aliphatic heterocycles. The number of unbranched alkanes of at least 4 members (excludes halogenated alkanes) is 1. The number of benzene rings is 2. The first-order valence-corrected chi connectivity index (χ1v) is 7.82. The Kier molecular flexibility index (Phi) is 3.11. The molecule has 2 aromatic carbocycles. The van der Waals surface area contributed by atoms with Gasteiger partial charge in [-0.25, -0.2) is 0 Å². The second-order valence-electron chi connectivity index (χ2n) is 5.80.